The van der Waals surface area contributed by atoms with Crippen molar-refractivity contribution in [2.75, 3.05) is 17.1 Å². The summed E-state index contributed by atoms with van der Waals surface area (Å²) < 4.78 is 26.7. The van der Waals surface area contributed by atoms with Gasteiger partial charge in [0.05, 0.1) is 22.0 Å². The van der Waals surface area contributed by atoms with Gasteiger partial charge < -0.3 is 10.2 Å². The second-order valence-corrected chi connectivity index (χ2v) is 11.9. The van der Waals surface area contributed by atoms with E-state index < -0.39 is 28.5 Å². The molecule has 1 aliphatic rings. The van der Waals surface area contributed by atoms with Gasteiger partial charge in [0.2, 0.25) is 21.8 Å². The zero-order chi connectivity index (χ0) is 26.5. The molecule has 10 heteroatoms. The smallest absolute Gasteiger partial charge is 0.244 e. The molecular formula is C26H33Cl2N3O4S. The first-order valence-corrected chi connectivity index (χ1v) is 14.7. The first-order chi connectivity index (χ1) is 17.0. The highest BCUT2D eigenvalue weighted by Crippen LogP contribution is 2.26. The summed E-state index contributed by atoms with van der Waals surface area (Å²) in [5, 5.41) is 3.75. The van der Waals surface area contributed by atoms with Crippen LogP contribution in [0.2, 0.25) is 10.0 Å². The first kappa shape index (κ1) is 28.3. The number of halogens is 2. The van der Waals surface area contributed by atoms with Gasteiger partial charge in [0.1, 0.15) is 12.6 Å². The van der Waals surface area contributed by atoms with Crippen LogP contribution in [0.1, 0.15) is 50.7 Å². The lowest BCUT2D eigenvalue weighted by Crippen LogP contribution is -2.52. The molecule has 1 atom stereocenters. The molecule has 3 rings (SSSR count). The third kappa shape index (κ3) is 7.14. The molecule has 1 N–H and O–H groups in total. The van der Waals surface area contributed by atoms with Crippen molar-refractivity contribution in [1.82, 2.24) is 10.2 Å². The summed E-state index contributed by atoms with van der Waals surface area (Å²) in [4.78, 5) is 28.2. The Kier molecular flexibility index (Phi) is 9.66. The predicted molar refractivity (Wildman–Crippen MR) is 145 cm³/mol. The van der Waals surface area contributed by atoms with Gasteiger partial charge in [0, 0.05) is 12.6 Å². The van der Waals surface area contributed by atoms with E-state index in [1.165, 1.54) is 4.90 Å². The third-order valence-corrected chi connectivity index (χ3v) is 8.39. The molecular weight excluding hydrogens is 521 g/mol. The Labute approximate surface area is 223 Å². The van der Waals surface area contributed by atoms with Crippen molar-refractivity contribution in [1.29, 1.82) is 0 Å². The zero-order valence-corrected chi connectivity index (χ0v) is 23.2. The Balaban J connectivity index is 1.92. The van der Waals surface area contributed by atoms with Crippen LogP contribution in [0.25, 0.3) is 0 Å². The van der Waals surface area contributed by atoms with Crippen LogP contribution in [-0.4, -0.2) is 50.0 Å². The fourth-order valence-electron chi connectivity index (χ4n) is 4.46. The standard InChI is InChI=1S/C26H33Cl2N3O4S/c1-4-20-9-5-8-12-24(20)31(36(3,34)35)17-25(32)30(16-19-13-14-22(27)23(28)15-19)18(2)26(33)29-21-10-6-7-11-21/h5,8-9,12-15,18,21H,4,6-7,10-11,16-17H2,1-3H3,(H,29,33)/t18-/m1/s1. The van der Waals surface area contributed by atoms with E-state index in [0.29, 0.717) is 27.7 Å². The summed E-state index contributed by atoms with van der Waals surface area (Å²) in [5.74, 6) is -0.762. The van der Waals surface area contributed by atoms with Crippen LogP contribution >= 0.6 is 23.2 Å². The number of carbonyl (C=O) groups is 2. The van der Waals surface area contributed by atoms with E-state index in [4.69, 9.17) is 23.2 Å². The molecule has 1 fully saturated rings. The number of carbonyl (C=O) groups excluding carboxylic acids is 2. The van der Waals surface area contributed by atoms with E-state index in [1.807, 2.05) is 19.1 Å². The number of para-hydroxylation sites is 1. The predicted octanol–water partition coefficient (Wildman–Crippen LogP) is 4.80. The normalized spacial score (nSPS) is 14.9. The van der Waals surface area contributed by atoms with Crippen LogP contribution in [-0.2, 0) is 32.6 Å². The lowest BCUT2D eigenvalue weighted by molar-refractivity contribution is -0.139. The highest BCUT2D eigenvalue weighted by molar-refractivity contribution is 7.92. The number of nitrogens with one attached hydrogen (secondary N) is 1. The van der Waals surface area contributed by atoms with Crippen molar-refractivity contribution < 1.29 is 18.0 Å². The summed E-state index contributed by atoms with van der Waals surface area (Å²) in [5.41, 5.74) is 1.94. The van der Waals surface area contributed by atoms with E-state index in [2.05, 4.69) is 5.32 Å². The van der Waals surface area contributed by atoms with Crippen LogP contribution in [0.4, 0.5) is 5.69 Å². The van der Waals surface area contributed by atoms with Crippen molar-refractivity contribution in [2.45, 2.75) is 64.6 Å². The number of amides is 2. The second kappa shape index (κ2) is 12.3. The highest BCUT2D eigenvalue weighted by atomic mass is 35.5. The summed E-state index contributed by atoms with van der Waals surface area (Å²) in [6.07, 6.45) is 5.62. The molecule has 0 heterocycles. The van der Waals surface area contributed by atoms with Crippen LogP contribution in [0, 0.1) is 0 Å². The number of sulfonamides is 1. The maximum Gasteiger partial charge on any atom is 0.244 e. The topological polar surface area (TPSA) is 86.8 Å². The SMILES string of the molecule is CCc1ccccc1N(CC(=O)N(Cc1ccc(Cl)c(Cl)c1)[C@H](C)C(=O)NC1CCCC1)S(C)(=O)=O. The van der Waals surface area contributed by atoms with E-state index >= 15 is 0 Å². The molecule has 0 radical (unpaired) electrons. The molecule has 0 unspecified atom stereocenters. The van der Waals surface area contributed by atoms with Crippen LogP contribution < -0.4 is 9.62 Å². The molecule has 0 bridgehead atoms. The number of aryl methyl sites for hydroxylation is 1. The molecule has 0 spiro atoms. The van der Waals surface area contributed by atoms with E-state index in [-0.39, 0.29) is 18.5 Å². The molecule has 0 saturated heterocycles. The molecule has 1 saturated carbocycles. The Morgan fingerprint density at radius 1 is 1.08 bits per heavy atom. The zero-order valence-electron chi connectivity index (χ0n) is 20.8. The van der Waals surface area contributed by atoms with Crippen molar-refractivity contribution in [2.24, 2.45) is 0 Å². The largest absolute Gasteiger partial charge is 0.352 e. The van der Waals surface area contributed by atoms with E-state index in [1.54, 1.807) is 37.3 Å². The monoisotopic (exact) mass is 553 g/mol. The fourth-order valence-corrected chi connectivity index (χ4v) is 5.66. The third-order valence-electron chi connectivity index (χ3n) is 6.53. The Bertz CT molecular complexity index is 1200. The van der Waals surface area contributed by atoms with Crippen LogP contribution in [0.15, 0.2) is 42.5 Å². The van der Waals surface area contributed by atoms with Gasteiger partial charge in [0.25, 0.3) is 0 Å². The maximum atomic E-state index is 13.7. The summed E-state index contributed by atoms with van der Waals surface area (Å²) in [6.45, 7) is 3.22. The van der Waals surface area contributed by atoms with Crippen molar-refractivity contribution in [3.05, 3.63) is 63.6 Å². The number of hydrogen-bond donors (Lipinski definition) is 1. The molecule has 36 heavy (non-hydrogen) atoms. The number of nitrogens with zero attached hydrogens (tertiary/aromatic N) is 2. The van der Waals surface area contributed by atoms with Gasteiger partial charge in [-0.15, -0.1) is 0 Å². The first-order valence-electron chi connectivity index (χ1n) is 12.1. The Hall–Kier alpha value is -2.29. The minimum Gasteiger partial charge on any atom is -0.352 e. The van der Waals surface area contributed by atoms with Gasteiger partial charge in [-0.3, -0.25) is 13.9 Å². The minimum absolute atomic E-state index is 0.0714. The van der Waals surface area contributed by atoms with Crippen LogP contribution in [0.3, 0.4) is 0 Å². The minimum atomic E-state index is -3.78. The lowest BCUT2D eigenvalue weighted by atomic mass is 10.1. The molecule has 7 nitrogen and oxygen atoms in total. The molecule has 196 valence electrons. The fraction of sp³-hybridized carbons (Fsp3) is 0.462. The Morgan fingerprint density at radius 3 is 2.36 bits per heavy atom. The Morgan fingerprint density at radius 2 is 1.75 bits per heavy atom. The lowest BCUT2D eigenvalue weighted by Gasteiger charge is -2.32. The van der Waals surface area contributed by atoms with Gasteiger partial charge in [-0.2, -0.15) is 0 Å². The quantitative estimate of drug-likeness (QED) is 0.457. The molecule has 0 aliphatic heterocycles. The van der Waals surface area contributed by atoms with Crippen LogP contribution in [0.5, 0.6) is 0 Å². The molecule has 2 aromatic carbocycles. The molecule has 1 aliphatic carbocycles. The van der Waals surface area contributed by atoms with Crippen molar-refractivity contribution in [3.63, 3.8) is 0 Å². The van der Waals surface area contributed by atoms with Gasteiger partial charge in [0.15, 0.2) is 0 Å². The average Bonchev–Trinajstić information content (AvgIpc) is 3.35. The molecule has 0 aromatic heterocycles. The highest BCUT2D eigenvalue weighted by Gasteiger charge is 2.32. The summed E-state index contributed by atoms with van der Waals surface area (Å²) in [7, 11) is -3.78. The molecule has 2 amide bonds. The molecule has 2 aromatic rings. The van der Waals surface area contributed by atoms with Gasteiger partial charge in [-0.1, -0.05) is 67.2 Å². The number of rotatable bonds is 10. The second-order valence-electron chi connectivity index (χ2n) is 9.19. The number of hydrogen-bond acceptors (Lipinski definition) is 4. The number of anilines is 1. The van der Waals surface area contributed by atoms with Crippen molar-refractivity contribution in [3.8, 4) is 0 Å². The van der Waals surface area contributed by atoms with Crippen molar-refractivity contribution >= 4 is 50.7 Å². The van der Waals surface area contributed by atoms with Gasteiger partial charge in [-0.05, 0) is 55.5 Å². The average molecular weight is 555 g/mol. The van der Waals surface area contributed by atoms with E-state index in [9.17, 15) is 18.0 Å². The van der Waals surface area contributed by atoms with E-state index in [0.717, 1.165) is 41.8 Å². The summed E-state index contributed by atoms with van der Waals surface area (Å²) >= 11 is 12.2. The number of benzene rings is 2. The maximum absolute atomic E-state index is 13.7. The van der Waals surface area contributed by atoms with Gasteiger partial charge in [-0.25, -0.2) is 8.42 Å². The van der Waals surface area contributed by atoms with Gasteiger partial charge >= 0.3 is 0 Å². The summed E-state index contributed by atoms with van der Waals surface area (Å²) in [6, 6.07) is 11.4.